The van der Waals surface area contributed by atoms with Gasteiger partial charge in [0.1, 0.15) is 0 Å². The van der Waals surface area contributed by atoms with Gasteiger partial charge in [-0.05, 0) is 19.1 Å². The minimum Gasteiger partial charge on any atom is -0.481 e. The molecule has 2 aromatic rings. The quantitative estimate of drug-likeness (QED) is 0.922. The van der Waals surface area contributed by atoms with Gasteiger partial charge in [-0.25, -0.2) is 4.98 Å². The standard InChI is InChI=1S/C15H16N2O3S/c1-10-16-13(9-21-10)11-4-3-5-12(8-11)15(20)17(2)7-6-14(18)19/h3-5,8-9H,6-7H2,1-2H3,(H,18,19). The molecule has 0 bridgehead atoms. The predicted octanol–water partition coefficient (Wildman–Crippen LogP) is 2.67. The molecule has 110 valence electrons. The lowest BCUT2D eigenvalue weighted by Crippen LogP contribution is -2.29. The molecule has 0 saturated carbocycles. The van der Waals surface area contributed by atoms with Crippen molar-refractivity contribution in [2.24, 2.45) is 0 Å². The lowest BCUT2D eigenvalue weighted by atomic mass is 10.1. The zero-order valence-electron chi connectivity index (χ0n) is 11.9. The number of carbonyl (C=O) groups is 2. The van der Waals surface area contributed by atoms with E-state index in [0.717, 1.165) is 16.3 Å². The number of carboxylic acid groups (broad SMARTS) is 1. The van der Waals surface area contributed by atoms with Crippen LogP contribution in [-0.2, 0) is 4.79 Å². The summed E-state index contributed by atoms with van der Waals surface area (Å²) in [6, 6.07) is 7.22. The highest BCUT2D eigenvalue weighted by atomic mass is 32.1. The molecule has 0 unspecified atom stereocenters. The van der Waals surface area contributed by atoms with Gasteiger partial charge in [0, 0.05) is 30.1 Å². The number of amides is 1. The van der Waals surface area contributed by atoms with Crippen LogP contribution in [0.1, 0.15) is 21.8 Å². The predicted molar refractivity (Wildman–Crippen MR) is 81.5 cm³/mol. The maximum atomic E-state index is 12.3. The molecular weight excluding hydrogens is 288 g/mol. The summed E-state index contributed by atoms with van der Waals surface area (Å²) < 4.78 is 0. The second-order valence-corrected chi connectivity index (χ2v) is 5.77. The largest absolute Gasteiger partial charge is 0.481 e. The van der Waals surface area contributed by atoms with Gasteiger partial charge in [-0.3, -0.25) is 9.59 Å². The van der Waals surface area contributed by atoms with E-state index in [1.54, 1.807) is 30.5 Å². The van der Waals surface area contributed by atoms with Crippen LogP contribution < -0.4 is 0 Å². The van der Waals surface area contributed by atoms with Gasteiger partial charge in [-0.15, -0.1) is 11.3 Å². The van der Waals surface area contributed by atoms with Gasteiger partial charge in [0.05, 0.1) is 17.1 Å². The Morgan fingerprint density at radius 2 is 2.14 bits per heavy atom. The second kappa shape index (κ2) is 6.49. The summed E-state index contributed by atoms with van der Waals surface area (Å²) in [7, 11) is 1.60. The Kier molecular flexibility index (Phi) is 4.70. The molecule has 0 aliphatic rings. The van der Waals surface area contributed by atoms with Crippen LogP contribution in [0.5, 0.6) is 0 Å². The minimum atomic E-state index is -0.915. The van der Waals surface area contributed by atoms with E-state index in [0.29, 0.717) is 5.56 Å². The first-order valence-electron chi connectivity index (χ1n) is 6.47. The van der Waals surface area contributed by atoms with Gasteiger partial charge >= 0.3 is 5.97 Å². The van der Waals surface area contributed by atoms with Gasteiger partial charge in [0.15, 0.2) is 0 Å². The first-order valence-corrected chi connectivity index (χ1v) is 7.35. The molecule has 0 spiro atoms. The van der Waals surface area contributed by atoms with Crippen molar-refractivity contribution in [3.05, 3.63) is 40.2 Å². The summed E-state index contributed by atoms with van der Waals surface area (Å²) in [5.41, 5.74) is 2.27. The molecule has 0 saturated heterocycles. The van der Waals surface area contributed by atoms with Gasteiger partial charge in [0.25, 0.3) is 5.91 Å². The molecule has 0 aliphatic heterocycles. The van der Waals surface area contributed by atoms with Crippen molar-refractivity contribution < 1.29 is 14.7 Å². The number of carboxylic acids is 1. The molecule has 0 radical (unpaired) electrons. The van der Waals surface area contributed by atoms with Crippen LogP contribution in [0, 0.1) is 6.92 Å². The summed E-state index contributed by atoms with van der Waals surface area (Å²) in [5.74, 6) is -1.11. The summed E-state index contributed by atoms with van der Waals surface area (Å²) in [4.78, 5) is 28.6. The van der Waals surface area contributed by atoms with E-state index in [1.165, 1.54) is 4.90 Å². The molecular formula is C15H16N2O3S. The molecule has 2 rings (SSSR count). The molecule has 1 aromatic heterocycles. The fourth-order valence-electron chi connectivity index (χ4n) is 1.89. The van der Waals surface area contributed by atoms with Crippen molar-refractivity contribution in [3.63, 3.8) is 0 Å². The van der Waals surface area contributed by atoms with Gasteiger partial charge in [-0.2, -0.15) is 0 Å². The van der Waals surface area contributed by atoms with Crippen molar-refractivity contribution in [1.29, 1.82) is 0 Å². The zero-order chi connectivity index (χ0) is 15.4. The van der Waals surface area contributed by atoms with Gasteiger partial charge in [0.2, 0.25) is 0 Å². The molecule has 6 heteroatoms. The third kappa shape index (κ3) is 3.88. The lowest BCUT2D eigenvalue weighted by Gasteiger charge is -2.16. The Hall–Kier alpha value is -2.21. The summed E-state index contributed by atoms with van der Waals surface area (Å²) in [6.07, 6.45) is -0.0623. The highest BCUT2D eigenvalue weighted by Crippen LogP contribution is 2.22. The Morgan fingerprint density at radius 1 is 1.38 bits per heavy atom. The number of aromatic nitrogens is 1. The van der Waals surface area contributed by atoms with E-state index in [1.807, 2.05) is 24.4 Å². The number of nitrogens with zero attached hydrogens (tertiary/aromatic N) is 2. The fourth-order valence-corrected chi connectivity index (χ4v) is 2.51. The highest BCUT2D eigenvalue weighted by Gasteiger charge is 2.14. The smallest absolute Gasteiger partial charge is 0.305 e. The van der Waals surface area contributed by atoms with Gasteiger partial charge in [-0.1, -0.05) is 12.1 Å². The van der Waals surface area contributed by atoms with E-state index < -0.39 is 5.97 Å². The summed E-state index contributed by atoms with van der Waals surface area (Å²) >= 11 is 1.56. The molecule has 21 heavy (non-hydrogen) atoms. The Balaban J connectivity index is 2.17. The summed E-state index contributed by atoms with van der Waals surface area (Å²) in [5, 5.41) is 11.6. The van der Waals surface area contributed by atoms with E-state index >= 15 is 0 Å². The SMILES string of the molecule is Cc1nc(-c2cccc(C(=O)N(C)CCC(=O)O)c2)cs1. The summed E-state index contributed by atoms with van der Waals surface area (Å²) in [6.45, 7) is 2.12. The number of benzene rings is 1. The molecule has 0 fully saturated rings. The third-order valence-electron chi connectivity index (χ3n) is 3.03. The Labute approximate surface area is 126 Å². The van der Waals surface area contributed by atoms with E-state index in [4.69, 9.17) is 5.11 Å². The average Bonchev–Trinajstić information content (AvgIpc) is 2.90. The molecule has 1 amide bonds. The van der Waals surface area contributed by atoms with Crippen LogP contribution in [0.4, 0.5) is 0 Å². The fraction of sp³-hybridized carbons (Fsp3) is 0.267. The normalized spacial score (nSPS) is 10.4. The van der Waals surface area contributed by atoms with E-state index in [-0.39, 0.29) is 18.9 Å². The number of hydrogen-bond donors (Lipinski definition) is 1. The Bertz CT molecular complexity index is 666. The first-order chi connectivity index (χ1) is 9.97. The minimum absolute atomic E-state index is 0.0623. The molecule has 1 N–H and O–H groups in total. The first kappa shape index (κ1) is 15.2. The number of aryl methyl sites for hydroxylation is 1. The molecule has 1 heterocycles. The van der Waals surface area contributed by atoms with Crippen molar-refractivity contribution >= 4 is 23.2 Å². The lowest BCUT2D eigenvalue weighted by molar-refractivity contribution is -0.137. The molecule has 1 aromatic carbocycles. The number of hydrogen-bond acceptors (Lipinski definition) is 4. The average molecular weight is 304 g/mol. The topological polar surface area (TPSA) is 70.5 Å². The molecule has 5 nitrogen and oxygen atoms in total. The van der Waals surface area contributed by atoms with Gasteiger partial charge < -0.3 is 10.0 Å². The van der Waals surface area contributed by atoms with Crippen molar-refractivity contribution in [3.8, 4) is 11.3 Å². The van der Waals surface area contributed by atoms with E-state index in [2.05, 4.69) is 4.98 Å². The molecule has 0 atom stereocenters. The van der Waals surface area contributed by atoms with E-state index in [9.17, 15) is 9.59 Å². The van der Waals surface area contributed by atoms with Crippen LogP contribution in [0.2, 0.25) is 0 Å². The monoisotopic (exact) mass is 304 g/mol. The highest BCUT2D eigenvalue weighted by molar-refractivity contribution is 7.09. The van der Waals surface area contributed by atoms with Crippen LogP contribution in [0.25, 0.3) is 11.3 Å². The third-order valence-corrected chi connectivity index (χ3v) is 3.81. The van der Waals surface area contributed by atoms with Crippen LogP contribution in [0.3, 0.4) is 0 Å². The number of thiazole rings is 1. The number of carbonyl (C=O) groups excluding carboxylic acids is 1. The molecule has 0 aliphatic carbocycles. The van der Waals surface area contributed by atoms with Crippen LogP contribution >= 0.6 is 11.3 Å². The zero-order valence-corrected chi connectivity index (χ0v) is 12.7. The van der Waals surface area contributed by atoms with Crippen molar-refractivity contribution in [2.45, 2.75) is 13.3 Å². The maximum absolute atomic E-state index is 12.3. The number of aliphatic carboxylic acids is 1. The Morgan fingerprint density at radius 3 is 2.76 bits per heavy atom. The van der Waals surface area contributed by atoms with Crippen molar-refractivity contribution in [1.82, 2.24) is 9.88 Å². The maximum Gasteiger partial charge on any atom is 0.305 e. The van der Waals surface area contributed by atoms with Crippen LogP contribution in [0.15, 0.2) is 29.6 Å². The number of rotatable bonds is 5. The van der Waals surface area contributed by atoms with Crippen molar-refractivity contribution in [2.75, 3.05) is 13.6 Å². The van der Waals surface area contributed by atoms with Crippen LogP contribution in [-0.4, -0.2) is 40.5 Å². The second-order valence-electron chi connectivity index (χ2n) is 4.70.